The highest BCUT2D eigenvalue weighted by Crippen LogP contribution is 2.41. The molecule has 35 heavy (non-hydrogen) atoms. The molecule has 1 unspecified atom stereocenters. The van der Waals surface area contributed by atoms with Crippen molar-refractivity contribution in [3.63, 3.8) is 0 Å². The summed E-state index contributed by atoms with van der Waals surface area (Å²) >= 11 is 17.7. The van der Waals surface area contributed by atoms with Crippen molar-refractivity contribution in [2.45, 2.75) is 18.6 Å². The molecule has 2 amide bonds. The lowest BCUT2D eigenvalue weighted by molar-refractivity contribution is -0.139. The molecule has 176 valence electrons. The predicted octanol–water partition coefficient (Wildman–Crippen LogP) is 6.60. The Hall–Kier alpha value is -2.74. The summed E-state index contributed by atoms with van der Waals surface area (Å²) in [6.07, 6.45) is -2.38. The second-order valence-corrected chi connectivity index (χ2v) is 9.07. The smallest absolute Gasteiger partial charge is 0.270 e. The molecule has 2 radical (unpaired) electrons. The van der Waals surface area contributed by atoms with Crippen molar-refractivity contribution in [3.05, 3.63) is 104 Å². The first-order valence-electron chi connectivity index (χ1n) is 10.2. The van der Waals surface area contributed by atoms with Gasteiger partial charge < -0.3 is 0 Å². The zero-order valence-corrected chi connectivity index (χ0v) is 20.0. The second kappa shape index (κ2) is 9.73. The molecule has 1 heterocycles. The number of imide groups is 1. The Morgan fingerprint density at radius 1 is 0.914 bits per heavy atom. The lowest BCUT2D eigenvalue weighted by Gasteiger charge is -2.19. The Labute approximate surface area is 215 Å². The fourth-order valence-corrected chi connectivity index (χ4v) is 4.40. The van der Waals surface area contributed by atoms with Crippen molar-refractivity contribution in [1.29, 1.82) is 0 Å². The third-order valence-corrected chi connectivity index (χ3v) is 6.77. The number of rotatable bonds is 5. The van der Waals surface area contributed by atoms with E-state index >= 15 is 0 Å². The number of hydrogen-bond acceptors (Lipinski definition) is 2. The van der Waals surface area contributed by atoms with Crippen LogP contribution in [0, 0.1) is 0 Å². The van der Waals surface area contributed by atoms with Crippen LogP contribution in [0.2, 0.25) is 15.1 Å². The standard InChI is InChI=1S/C25H14BCl3F3NO2/c26-19-9-13(6-8-18(25(30,31)32)15-10-20(27)22(29)21(28)11-15)5-7-14(19)12-33-23(34)16-3-1-2-4-17(16)24(33)35/h1-11,18H,12H2. The number of carbonyl (C=O) groups is 2. The summed E-state index contributed by atoms with van der Waals surface area (Å²) in [4.78, 5) is 26.3. The van der Waals surface area contributed by atoms with Gasteiger partial charge in [-0.3, -0.25) is 14.5 Å². The van der Waals surface area contributed by atoms with Gasteiger partial charge in [-0.15, -0.1) is 0 Å². The number of nitrogens with zero attached hydrogens (tertiary/aromatic N) is 1. The molecule has 0 spiro atoms. The van der Waals surface area contributed by atoms with Crippen LogP contribution in [0.4, 0.5) is 13.2 Å². The SMILES string of the molecule is [B]c1cc(C=CC(c2cc(Cl)c(Cl)c(Cl)c2)C(F)(F)F)ccc1CN1C(=O)c2ccccc2C1=O. The molecule has 0 aromatic heterocycles. The molecule has 3 nitrogen and oxygen atoms in total. The summed E-state index contributed by atoms with van der Waals surface area (Å²) in [5, 5.41) is -0.194. The Bertz CT molecular complexity index is 1320. The molecule has 3 aromatic rings. The minimum atomic E-state index is -4.62. The summed E-state index contributed by atoms with van der Waals surface area (Å²) < 4.78 is 41.3. The molecule has 0 saturated heterocycles. The molecule has 0 N–H and O–H groups in total. The van der Waals surface area contributed by atoms with E-state index in [1.54, 1.807) is 36.4 Å². The Morgan fingerprint density at radius 3 is 2.00 bits per heavy atom. The van der Waals surface area contributed by atoms with Crippen molar-refractivity contribution >= 4 is 66.0 Å². The van der Waals surface area contributed by atoms with Crippen LogP contribution in [-0.2, 0) is 6.54 Å². The van der Waals surface area contributed by atoms with E-state index < -0.39 is 23.9 Å². The van der Waals surface area contributed by atoms with Crippen LogP contribution in [0.5, 0.6) is 0 Å². The highest BCUT2D eigenvalue weighted by molar-refractivity contribution is 6.48. The zero-order chi connectivity index (χ0) is 25.5. The maximum Gasteiger partial charge on any atom is 0.399 e. The lowest BCUT2D eigenvalue weighted by Crippen LogP contribution is -2.31. The zero-order valence-electron chi connectivity index (χ0n) is 17.7. The van der Waals surface area contributed by atoms with Gasteiger partial charge >= 0.3 is 6.18 Å². The van der Waals surface area contributed by atoms with Gasteiger partial charge in [-0.1, -0.05) is 82.7 Å². The lowest BCUT2D eigenvalue weighted by atomic mass is 9.88. The number of carbonyl (C=O) groups excluding carboxylic acids is 2. The molecule has 3 aromatic carbocycles. The van der Waals surface area contributed by atoms with Crippen molar-refractivity contribution < 1.29 is 22.8 Å². The average molecular weight is 535 g/mol. The minimum absolute atomic E-state index is 0.0246. The number of allylic oxidation sites excluding steroid dienone is 1. The van der Waals surface area contributed by atoms with Gasteiger partial charge in [0.05, 0.1) is 38.7 Å². The average Bonchev–Trinajstić information content (AvgIpc) is 3.03. The number of hydrogen-bond donors (Lipinski definition) is 0. The molecule has 1 aliphatic rings. The molecule has 1 aliphatic heterocycles. The molecule has 0 aliphatic carbocycles. The number of alkyl halides is 3. The molecular weight excluding hydrogens is 520 g/mol. The van der Waals surface area contributed by atoms with E-state index in [0.717, 1.165) is 23.1 Å². The van der Waals surface area contributed by atoms with E-state index in [1.165, 1.54) is 12.1 Å². The maximum absolute atomic E-state index is 13.8. The summed E-state index contributed by atoms with van der Waals surface area (Å²) in [6.45, 7) is -0.0604. The van der Waals surface area contributed by atoms with E-state index in [0.29, 0.717) is 22.3 Å². The highest BCUT2D eigenvalue weighted by Gasteiger charge is 2.39. The topological polar surface area (TPSA) is 37.4 Å². The summed E-state index contributed by atoms with van der Waals surface area (Å²) in [5.41, 5.74) is 1.58. The minimum Gasteiger partial charge on any atom is -0.270 e. The van der Waals surface area contributed by atoms with Crippen LogP contribution in [0.1, 0.15) is 43.3 Å². The maximum atomic E-state index is 13.8. The van der Waals surface area contributed by atoms with Crippen molar-refractivity contribution in [1.82, 2.24) is 4.90 Å². The fourth-order valence-electron chi connectivity index (χ4n) is 3.79. The quantitative estimate of drug-likeness (QED) is 0.210. The molecule has 0 bridgehead atoms. The van der Waals surface area contributed by atoms with E-state index in [-0.39, 0.29) is 32.6 Å². The van der Waals surface area contributed by atoms with Crippen LogP contribution in [0.25, 0.3) is 6.08 Å². The van der Waals surface area contributed by atoms with E-state index in [1.807, 2.05) is 0 Å². The van der Waals surface area contributed by atoms with Gasteiger partial charge in [0.25, 0.3) is 11.8 Å². The third-order valence-electron chi connectivity index (χ3n) is 5.58. The van der Waals surface area contributed by atoms with Crippen LogP contribution in [-0.4, -0.2) is 30.7 Å². The monoisotopic (exact) mass is 533 g/mol. The van der Waals surface area contributed by atoms with Gasteiger partial charge in [-0.2, -0.15) is 13.2 Å². The first-order valence-corrected chi connectivity index (χ1v) is 11.3. The van der Waals surface area contributed by atoms with E-state index in [2.05, 4.69) is 0 Å². The Morgan fingerprint density at radius 2 is 1.49 bits per heavy atom. The van der Waals surface area contributed by atoms with Gasteiger partial charge in [0.15, 0.2) is 0 Å². The molecule has 4 rings (SSSR count). The Kier molecular flexibility index (Phi) is 7.05. The number of halogens is 6. The van der Waals surface area contributed by atoms with E-state index in [9.17, 15) is 22.8 Å². The number of amides is 2. The van der Waals surface area contributed by atoms with Crippen molar-refractivity contribution in [3.8, 4) is 0 Å². The first kappa shape index (κ1) is 25.4. The predicted molar refractivity (Wildman–Crippen MR) is 132 cm³/mol. The number of benzene rings is 3. The van der Waals surface area contributed by atoms with Crippen LogP contribution in [0.3, 0.4) is 0 Å². The molecule has 10 heteroatoms. The van der Waals surface area contributed by atoms with Crippen molar-refractivity contribution in [2.75, 3.05) is 0 Å². The van der Waals surface area contributed by atoms with E-state index in [4.69, 9.17) is 42.6 Å². The van der Waals surface area contributed by atoms with Crippen molar-refractivity contribution in [2.24, 2.45) is 0 Å². The van der Waals surface area contributed by atoms with Gasteiger partial charge in [-0.25, -0.2) is 0 Å². The number of fused-ring (bicyclic) bond motifs is 1. The van der Waals surface area contributed by atoms with Gasteiger partial charge in [-0.05, 0) is 41.0 Å². The van der Waals surface area contributed by atoms with Crippen LogP contribution >= 0.6 is 34.8 Å². The molecule has 0 saturated carbocycles. The third kappa shape index (κ3) is 5.13. The largest absolute Gasteiger partial charge is 0.399 e. The van der Waals surface area contributed by atoms with Crippen LogP contribution in [0.15, 0.2) is 60.7 Å². The normalized spacial score (nSPS) is 14.6. The Balaban J connectivity index is 1.57. The highest BCUT2D eigenvalue weighted by atomic mass is 35.5. The van der Waals surface area contributed by atoms with Gasteiger partial charge in [0.1, 0.15) is 7.85 Å². The molecular formula is C25H14BCl3F3NO2. The van der Waals surface area contributed by atoms with Gasteiger partial charge in [0, 0.05) is 0 Å². The summed E-state index contributed by atoms with van der Waals surface area (Å²) in [5.74, 6) is -2.85. The van der Waals surface area contributed by atoms with Crippen LogP contribution < -0.4 is 5.46 Å². The van der Waals surface area contributed by atoms with Gasteiger partial charge in [0.2, 0.25) is 0 Å². The fraction of sp³-hybridized carbons (Fsp3) is 0.120. The molecule has 0 fully saturated rings. The first-order chi connectivity index (χ1) is 16.5. The summed E-state index contributed by atoms with van der Waals surface area (Å²) in [7, 11) is 6.10. The summed E-state index contributed by atoms with van der Waals surface area (Å²) in [6, 6.07) is 13.3. The molecule has 1 atom stereocenters. The second-order valence-electron chi connectivity index (χ2n) is 7.88.